The van der Waals surface area contributed by atoms with Crippen LogP contribution in [0.1, 0.15) is 42.6 Å². The summed E-state index contributed by atoms with van der Waals surface area (Å²) < 4.78 is 5.25. The molecule has 1 fully saturated rings. The Morgan fingerprint density at radius 3 is 2.26 bits per heavy atom. The van der Waals surface area contributed by atoms with Gasteiger partial charge < -0.3 is 9.64 Å². The number of carbonyl (C=O) groups is 2. The summed E-state index contributed by atoms with van der Waals surface area (Å²) in [6, 6.07) is 14.4. The number of aromatic nitrogens is 2. The van der Waals surface area contributed by atoms with Crippen molar-refractivity contribution in [1.29, 1.82) is 0 Å². The highest BCUT2D eigenvalue weighted by molar-refractivity contribution is 6.30. The van der Waals surface area contributed by atoms with Crippen LogP contribution >= 0.6 is 11.6 Å². The first-order valence-electron chi connectivity index (χ1n) is 11.4. The minimum absolute atomic E-state index is 0.0757. The molecule has 0 unspecified atom stereocenters. The Morgan fingerprint density at radius 1 is 0.971 bits per heavy atom. The number of anilines is 2. The van der Waals surface area contributed by atoms with E-state index >= 15 is 0 Å². The zero-order valence-electron chi connectivity index (χ0n) is 19.1. The van der Waals surface area contributed by atoms with E-state index in [9.17, 15) is 9.59 Å². The van der Waals surface area contributed by atoms with Gasteiger partial charge in [0, 0.05) is 34.8 Å². The van der Waals surface area contributed by atoms with E-state index < -0.39 is 5.91 Å². The predicted octanol–water partition coefficient (Wildman–Crippen LogP) is 5.15. The average Bonchev–Trinajstić information content (AvgIpc) is 2.89. The molecule has 0 saturated heterocycles. The third kappa shape index (κ3) is 5.54. The quantitative estimate of drug-likeness (QED) is 0.469. The van der Waals surface area contributed by atoms with E-state index in [0.29, 0.717) is 16.5 Å². The van der Waals surface area contributed by atoms with E-state index in [0.717, 1.165) is 31.4 Å². The lowest BCUT2D eigenvalue weighted by atomic mass is 9.93. The number of ether oxygens (including phenoxy) is 1. The summed E-state index contributed by atoms with van der Waals surface area (Å²) in [6.07, 6.45) is 9.54. The van der Waals surface area contributed by atoms with Gasteiger partial charge in [-0.3, -0.25) is 19.5 Å². The maximum atomic E-state index is 13.8. The molecule has 3 aromatic rings. The van der Waals surface area contributed by atoms with Crippen LogP contribution in [0.4, 0.5) is 11.4 Å². The molecular formula is C26H27ClN4O3. The molecule has 1 saturated carbocycles. The molecule has 0 atom stereocenters. The normalized spacial score (nSPS) is 13.8. The molecule has 1 aromatic heterocycles. The second-order valence-corrected chi connectivity index (χ2v) is 8.65. The SMILES string of the molecule is COc1ccc(N(CC(=O)N(c2ccc(Cl)cc2)C2CCCCC2)C(=O)c2cnccn2)cc1. The van der Waals surface area contributed by atoms with E-state index in [2.05, 4.69) is 9.97 Å². The largest absolute Gasteiger partial charge is 0.497 e. The molecule has 1 heterocycles. The van der Waals surface area contributed by atoms with Crippen LogP contribution in [0.15, 0.2) is 67.1 Å². The second-order valence-electron chi connectivity index (χ2n) is 8.21. The van der Waals surface area contributed by atoms with E-state index in [1.165, 1.54) is 29.9 Å². The van der Waals surface area contributed by atoms with Gasteiger partial charge in [-0.05, 0) is 61.4 Å². The zero-order chi connectivity index (χ0) is 23.9. The van der Waals surface area contributed by atoms with Crippen LogP contribution in [0, 0.1) is 0 Å². The summed E-state index contributed by atoms with van der Waals surface area (Å²) in [6.45, 7) is -0.138. The number of hydrogen-bond donors (Lipinski definition) is 0. The van der Waals surface area contributed by atoms with Crippen LogP contribution in [-0.4, -0.2) is 41.5 Å². The fraction of sp³-hybridized carbons (Fsp3) is 0.308. The number of methoxy groups -OCH3 is 1. The van der Waals surface area contributed by atoms with Gasteiger partial charge in [-0.1, -0.05) is 30.9 Å². The van der Waals surface area contributed by atoms with Crippen molar-refractivity contribution in [3.8, 4) is 5.75 Å². The van der Waals surface area contributed by atoms with Gasteiger partial charge in [-0.15, -0.1) is 0 Å². The summed E-state index contributed by atoms with van der Waals surface area (Å²) in [5.41, 5.74) is 1.52. The first-order valence-corrected chi connectivity index (χ1v) is 11.7. The maximum absolute atomic E-state index is 13.8. The van der Waals surface area contributed by atoms with Crippen LogP contribution in [-0.2, 0) is 4.79 Å². The molecule has 34 heavy (non-hydrogen) atoms. The van der Waals surface area contributed by atoms with E-state index in [4.69, 9.17) is 16.3 Å². The Balaban J connectivity index is 1.67. The summed E-state index contributed by atoms with van der Waals surface area (Å²) in [4.78, 5) is 38.7. The summed E-state index contributed by atoms with van der Waals surface area (Å²) in [7, 11) is 1.58. The average molecular weight is 479 g/mol. The number of nitrogens with zero attached hydrogens (tertiary/aromatic N) is 4. The molecule has 176 valence electrons. The van der Waals surface area contributed by atoms with Crippen molar-refractivity contribution in [2.24, 2.45) is 0 Å². The van der Waals surface area contributed by atoms with Crippen molar-refractivity contribution in [2.45, 2.75) is 38.1 Å². The highest BCUT2D eigenvalue weighted by atomic mass is 35.5. The fourth-order valence-corrected chi connectivity index (χ4v) is 4.43. The molecule has 0 bridgehead atoms. The Labute approximate surface area is 204 Å². The first-order chi connectivity index (χ1) is 16.6. The lowest BCUT2D eigenvalue weighted by Gasteiger charge is -2.36. The fourth-order valence-electron chi connectivity index (χ4n) is 4.30. The third-order valence-electron chi connectivity index (χ3n) is 6.02. The number of benzene rings is 2. The Bertz CT molecular complexity index is 1100. The maximum Gasteiger partial charge on any atom is 0.278 e. The lowest BCUT2D eigenvalue weighted by Crippen LogP contribution is -2.48. The van der Waals surface area contributed by atoms with Crippen LogP contribution < -0.4 is 14.5 Å². The molecule has 0 radical (unpaired) electrons. The highest BCUT2D eigenvalue weighted by Crippen LogP contribution is 2.29. The van der Waals surface area contributed by atoms with Crippen molar-refractivity contribution in [1.82, 2.24) is 9.97 Å². The predicted molar refractivity (Wildman–Crippen MR) is 133 cm³/mol. The molecule has 1 aliphatic rings. The third-order valence-corrected chi connectivity index (χ3v) is 6.27. The van der Waals surface area contributed by atoms with Gasteiger partial charge in [0.25, 0.3) is 5.91 Å². The van der Waals surface area contributed by atoms with Crippen LogP contribution in [0.5, 0.6) is 5.75 Å². The summed E-state index contributed by atoms with van der Waals surface area (Å²) in [5.74, 6) is 0.0978. The molecule has 8 heteroatoms. The molecule has 0 spiro atoms. The highest BCUT2D eigenvalue weighted by Gasteiger charge is 2.30. The van der Waals surface area contributed by atoms with Crippen LogP contribution in [0.25, 0.3) is 0 Å². The Kier molecular flexibility index (Phi) is 7.75. The van der Waals surface area contributed by atoms with Gasteiger partial charge in [-0.2, -0.15) is 0 Å². The van der Waals surface area contributed by atoms with Crippen molar-refractivity contribution in [3.05, 3.63) is 77.8 Å². The van der Waals surface area contributed by atoms with Crippen LogP contribution in [0.2, 0.25) is 5.02 Å². The van der Waals surface area contributed by atoms with Gasteiger partial charge in [-0.25, -0.2) is 4.98 Å². The zero-order valence-corrected chi connectivity index (χ0v) is 19.8. The van der Waals surface area contributed by atoms with Gasteiger partial charge >= 0.3 is 0 Å². The Morgan fingerprint density at radius 2 is 1.65 bits per heavy atom. The minimum Gasteiger partial charge on any atom is -0.497 e. The summed E-state index contributed by atoms with van der Waals surface area (Å²) in [5, 5.41) is 0.609. The molecule has 7 nitrogen and oxygen atoms in total. The molecule has 0 aliphatic heterocycles. The number of rotatable bonds is 7. The van der Waals surface area contributed by atoms with Gasteiger partial charge in [0.2, 0.25) is 5.91 Å². The van der Waals surface area contributed by atoms with Gasteiger partial charge in [0.15, 0.2) is 0 Å². The molecule has 1 aliphatic carbocycles. The van der Waals surface area contributed by atoms with Gasteiger partial charge in [0.1, 0.15) is 18.0 Å². The number of carbonyl (C=O) groups excluding carboxylic acids is 2. The van der Waals surface area contributed by atoms with Crippen LogP contribution in [0.3, 0.4) is 0 Å². The number of halogens is 1. The van der Waals surface area contributed by atoms with Gasteiger partial charge in [0.05, 0.1) is 13.3 Å². The van der Waals surface area contributed by atoms with Crippen molar-refractivity contribution < 1.29 is 14.3 Å². The number of hydrogen-bond acceptors (Lipinski definition) is 5. The monoisotopic (exact) mass is 478 g/mol. The Hall–Kier alpha value is -3.45. The van der Waals surface area contributed by atoms with Crippen molar-refractivity contribution in [3.63, 3.8) is 0 Å². The van der Waals surface area contributed by atoms with Crippen molar-refractivity contribution in [2.75, 3.05) is 23.5 Å². The molecule has 4 rings (SSSR count). The van der Waals surface area contributed by atoms with E-state index in [1.54, 1.807) is 43.5 Å². The molecular weight excluding hydrogens is 452 g/mol. The van der Waals surface area contributed by atoms with E-state index in [-0.39, 0.29) is 24.2 Å². The lowest BCUT2D eigenvalue weighted by molar-refractivity contribution is -0.117. The smallest absolute Gasteiger partial charge is 0.278 e. The molecule has 0 N–H and O–H groups in total. The standard InChI is InChI=1S/C26H27ClN4O3/c1-34-23-13-11-20(12-14-23)30(26(33)24-17-28-15-16-29-24)18-25(32)31(21-5-3-2-4-6-21)22-9-7-19(27)8-10-22/h7-17,21H,2-6,18H2,1H3. The molecule has 2 aromatic carbocycles. The summed E-state index contributed by atoms with van der Waals surface area (Å²) >= 11 is 6.10. The second kappa shape index (κ2) is 11.1. The van der Waals surface area contributed by atoms with Crippen molar-refractivity contribution >= 4 is 34.8 Å². The minimum atomic E-state index is -0.397. The first kappa shape index (κ1) is 23.7. The number of amides is 2. The topological polar surface area (TPSA) is 75.6 Å². The molecule has 2 amide bonds. The van der Waals surface area contributed by atoms with E-state index in [1.807, 2.05) is 17.0 Å².